The first-order valence-electron chi connectivity index (χ1n) is 7.59. The van der Waals surface area contributed by atoms with Crippen molar-refractivity contribution in [2.45, 2.75) is 13.5 Å². The Bertz CT molecular complexity index is 946. The Labute approximate surface area is 158 Å². The fraction of sp³-hybridized carbons (Fsp3) is 0.111. The summed E-state index contributed by atoms with van der Waals surface area (Å²) < 4.78 is 32.4. The van der Waals surface area contributed by atoms with Crippen molar-refractivity contribution in [3.63, 3.8) is 0 Å². The zero-order valence-electron chi connectivity index (χ0n) is 13.7. The van der Waals surface area contributed by atoms with Crippen LogP contribution < -0.4 is 10.2 Å². The average molecular weight is 394 g/mol. The highest BCUT2D eigenvalue weighted by Gasteiger charge is 2.08. The van der Waals surface area contributed by atoms with E-state index in [1.54, 1.807) is 24.4 Å². The summed E-state index contributed by atoms with van der Waals surface area (Å²) in [5.41, 5.74) is 4.59. The first-order chi connectivity index (χ1) is 12.5. The lowest BCUT2D eigenvalue weighted by atomic mass is 10.2. The molecule has 0 radical (unpaired) electrons. The van der Waals surface area contributed by atoms with Crippen molar-refractivity contribution in [3.8, 4) is 5.75 Å². The Morgan fingerprint density at radius 2 is 2.12 bits per heavy atom. The van der Waals surface area contributed by atoms with Gasteiger partial charge in [-0.3, -0.25) is 5.43 Å². The molecule has 0 aliphatic rings. The van der Waals surface area contributed by atoms with Crippen LogP contribution in [-0.4, -0.2) is 11.2 Å². The molecule has 134 valence electrons. The number of nitrogens with one attached hydrogen (secondary N) is 1. The van der Waals surface area contributed by atoms with E-state index in [1.165, 1.54) is 23.5 Å². The van der Waals surface area contributed by atoms with Crippen molar-refractivity contribution in [2.75, 3.05) is 5.43 Å². The zero-order valence-corrected chi connectivity index (χ0v) is 15.2. The number of hydrazone groups is 1. The van der Waals surface area contributed by atoms with E-state index in [1.807, 2.05) is 12.3 Å². The number of halogens is 3. The lowest BCUT2D eigenvalue weighted by Crippen LogP contribution is -2.01. The third-order valence-corrected chi connectivity index (χ3v) is 4.45. The Balaban J connectivity index is 1.72. The molecule has 0 saturated carbocycles. The largest absolute Gasteiger partial charge is 0.488 e. The van der Waals surface area contributed by atoms with Gasteiger partial charge < -0.3 is 4.74 Å². The number of ether oxygens (including phenoxy) is 1. The van der Waals surface area contributed by atoms with Gasteiger partial charge in [-0.25, -0.2) is 13.8 Å². The normalized spacial score (nSPS) is 11.1. The Morgan fingerprint density at radius 3 is 2.85 bits per heavy atom. The molecule has 0 atom stereocenters. The number of hydrogen-bond donors (Lipinski definition) is 1. The van der Waals surface area contributed by atoms with E-state index in [2.05, 4.69) is 15.5 Å². The lowest BCUT2D eigenvalue weighted by molar-refractivity contribution is 0.299. The molecule has 3 rings (SSSR count). The van der Waals surface area contributed by atoms with Crippen molar-refractivity contribution in [1.29, 1.82) is 0 Å². The Hall–Kier alpha value is -2.51. The fourth-order valence-corrected chi connectivity index (χ4v) is 2.93. The zero-order chi connectivity index (χ0) is 18.5. The maximum absolute atomic E-state index is 13.7. The number of nitrogens with zero attached hydrogens (tertiary/aromatic N) is 2. The first kappa shape index (κ1) is 18.3. The van der Waals surface area contributed by atoms with E-state index in [9.17, 15) is 8.78 Å². The van der Waals surface area contributed by atoms with Crippen LogP contribution in [0, 0.1) is 18.6 Å². The summed E-state index contributed by atoms with van der Waals surface area (Å²) in [4.78, 5) is 4.24. The molecule has 4 nitrogen and oxygen atoms in total. The van der Waals surface area contributed by atoms with Gasteiger partial charge in [-0.2, -0.15) is 5.10 Å². The van der Waals surface area contributed by atoms with Gasteiger partial charge in [0.25, 0.3) is 0 Å². The van der Waals surface area contributed by atoms with Crippen LogP contribution in [0.2, 0.25) is 5.02 Å². The molecule has 0 unspecified atom stereocenters. The number of aromatic nitrogens is 1. The van der Waals surface area contributed by atoms with Gasteiger partial charge >= 0.3 is 0 Å². The Morgan fingerprint density at radius 1 is 1.27 bits per heavy atom. The minimum absolute atomic E-state index is 0.0479. The third kappa shape index (κ3) is 4.77. The molecule has 0 aliphatic carbocycles. The lowest BCUT2D eigenvalue weighted by Gasteiger charge is -2.10. The molecule has 1 N–H and O–H groups in total. The van der Waals surface area contributed by atoms with Crippen molar-refractivity contribution in [1.82, 2.24) is 4.98 Å². The first-order valence-corrected chi connectivity index (χ1v) is 8.84. The van der Waals surface area contributed by atoms with Crippen molar-refractivity contribution < 1.29 is 13.5 Å². The molecule has 2 aromatic carbocycles. The molecule has 0 bridgehead atoms. The highest BCUT2D eigenvalue weighted by molar-refractivity contribution is 7.13. The van der Waals surface area contributed by atoms with Gasteiger partial charge in [0.05, 0.1) is 11.9 Å². The summed E-state index contributed by atoms with van der Waals surface area (Å²) in [5, 5.41) is 7.20. The molecule has 26 heavy (non-hydrogen) atoms. The number of aryl methyl sites for hydroxylation is 1. The monoisotopic (exact) mass is 393 g/mol. The van der Waals surface area contributed by atoms with Gasteiger partial charge in [-0.1, -0.05) is 11.6 Å². The topological polar surface area (TPSA) is 46.5 Å². The third-order valence-electron chi connectivity index (χ3n) is 3.35. The highest BCUT2D eigenvalue weighted by Crippen LogP contribution is 2.23. The molecule has 1 aromatic heterocycles. The minimum Gasteiger partial charge on any atom is -0.488 e. The van der Waals surface area contributed by atoms with Crippen LogP contribution in [0.15, 0.2) is 46.9 Å². The summed E-state index contributed by atoms with van der Waals surface area (Å²) in [7, 11) is 0. The number of anilines is 1. The number of hydrogen-bond acceptors (Lipinski definition) is 5. The standard InChI is InChI=1S/C18H14ClF2N3OS/c1-11-10-26-18(23-11)24-22-8-13-6-14(19)3-5-17(13)25-9-12-2-4-15(20)7-16(12)21/h2-8,10H,9H2,1H3,(H,23,24). The van der Waals surface area contributed by atoms with Gasteiger partial charge in [-0.15, -0.1) is 11.3 Å². The highest BCUT2D eigenvalue weighted by atomic mass is 35.5. The van der Waals surface area contributed by atoms with Crippen LogP contribution in [0.1, 0.15) is 16.8 Å². The van der Waals surface area contributed by atoms with E-state index in [0.29, 0.717) is 21.5 Å². The van der Waals surface area contributed by atoms with Crippen LogP contribution in [-0.2, 0) is 6.61 Å². The van der Waals surface area contributed by atoms with Crippen LogP contribution in [0.3, 0.4) is 0 Å². The second-order valence-electron chi connectivity index (χ2n) is 5.37. The molecule has 1 heterocycles. The fourth-order valence-electron chi connectivity index (χ4n) is 2.11. The molecular weight excluding hydrogens is 380 g/mol. The van der Waals surface area contributed by atoms with Crippen LogP contribution in [0.25, 0.3) is 0 Å². The Kier molecular flexibility index (Phi) is 5.80. The van der Waals surface area contributed by atoms with Gasteiger partial charge in [-0.05, 0) is 37.3 Å². The predicted octanol–water partition coefficient (Wildman–Crippen LogP) is 5.41. The van der Waals surface area contributed by atoms with E-state index >= 15 is 0 Å². The molecule has 3 aromatic rings. The van der Waals surface area contributed by atoms with E-state index in [-0.39, 0.29) is 12.2 Å². The van der Waals surface area contributed by atoms with Gasteiger partial charge in [0.1, 0.15) is 24.0 Å². The van der Waals surface area contributed by atoms with Crippen LogP contribution >= 0.6 is 22.9 Å². The number of thiazole rings is 1. The molecule has 0 spiro atoms. The SMILES string of the molecule is Cc1csc(NN=Cc2cc(Cl)ccc2OCc2ccc(F)cc2F)n1. The molecule has 0 aliphatic heterocycles. The smallest absolute Gasteiger partial charge is 0.203 e. The quantitative estimate of drug-likeness (QED) is 0.450. The second-order valence-corrected chi connectivity index (χ2v) is 6.67. The van der Waals surface area contributed by atoms with E-state index < -0.39 is 11.6 Å². The maximum atomic E-state index is 13.7. The minimum atomic E-state index is -0.657. The number of rotatable bonds is 6. The summed E-state index contributed by atoms with van der Waals surface area (Å²) in [6.45, 7) is 1.84. The van der Waals surface area contributed by atoms with Gasteiger partial charge in [0, 0.05) is 27.6 Å². The van der Waals surface area contributed by atoms with Crippen molar-refractivity contribution in [2.24, 2.45) is 5.10 Å². The number of benzene rings is 2. The summed E-state index contributed by atoms with van der Waals surface area (Å²) in [6.07, 6.45) is 1.54. The average Bonchev–Trinajstić information content (AvgIpc) is 3.01. The van der Waals surface area contributed by atoms with Crippen molar-refractivity contribution in [3.05, 3.63) is 75.3 Å². The summed E-state index contributed by atoms with van der Waals surface area (Å²) >= 11 is 7.46. The molecule has 0 fully saturated rings. The molecule has 8 heteroatoms. The summed E-state index contributed by atoms with van der Waals surface area (Å²) in [5.74, 6) is -0.817. The second kappa shape index (κ2) is 8.25. The van der Waals surface area contributed by atoms with E-state index in [4.69, 9.17) is 16.3 Å². The molecule has 0 amide bonds. The molecular formula is C18H14ClF2N3OS. The van der Waals surface area contributed by atoms with Crippen LogP contribution in [0.5, 0.6) is 5.75 Å². The van der Waals surface area contributed by atoms with E-state index in [0.717, 1.165) is 11.8 Å². The maximum Gasteiger partial charge on any atom is 0.203 e. The van der Waals surface area contributed by atoms with Gasteiger partial charge in [0.2, 0.25) is 5.13 Å². The van der Waals surface area contributed by atoms with Gasteiger partial charge in [0.15, 0.2) is 0 Å². The predicted molar refractivity (Wildman–Crippen MR) is 100 cm³/mol. The summed E-state index contributed by atoms with van der Waals surface area (Å²) in [6, 6.07) is 8.36. The molecule has 0 saturated heterocycles. The van der Waals surface area contributed by atoms with Crippen molar-refractivity contribution >= 4 is 34.3 Å². The van der Waals surface area contributed by atoms with Crippen LogP contribution in [0.4, 0.5) is 13.9 Å².